The molecule has 1 unspecified atom stereocenters. The molecule has 110 valence electrons. The van der Waals surface area contributed by atoms with Gasteiger partial charge in [0.15, 0.2) is 0 Å². The van der Waals surface area contributed by atoms with Crippen molar-refractivity contribution in [1.82, 2.24) is 4.90 Å². The Bertz CT molecular complexity index is 509. The maximum absolute atomic E-state index is 12.2. The van der Waals surface area contributed by atoms with Crippen LogP contribution >= 0.6 is 11.6 Å². The van der Waals surface area contributed by atoms with E-state index in [1.165, 1.54) is 32.4 Å². The van der Waals surface area contributed by atoms with E-state index in [-0.39, 0.29) is 29.4 Å². The number of nitro groups is 1. The number of aliphatic hydroxyl groups is 1. The summed E-state index contributed by atoms with van der Waals surface area (Å²) in [6.07, 6.45) is -0.879. The molecule has 0 fully saturated rings. The molecule has 0 saturated heterocycles. The van der Waals surface area contributed by atoms with E-state index >= 15 is 0 Å². The maximum atomic E-state index is 12.2. The van der Waals surface area contributed by atoms with Gasteiger partial charge in [0.25, 0.3) is 11.6 Å². The van der Waals surface area contributed by atoms with Crippen LogP contribution in [0, 0.1) is 10.1 Å². The number of rotatable bonds is 6. The van der Waals surface area contributed by atoms with Crippen molar-refractivity contribution in [3.63, 3.8) is 0 Å². The van der Waals surface area contributed by atoms with Crippen LogP contribution in [0.5, 0.6) is 0 Å². The van der Waals surface area contributed by atoms with E-state index in [1.54, 1.807) is 0 Å². The molecule has 1 aromatic rings. The first-order valence-corrected chi connectivity index (χ1v) is 6.11. The number of hydrogen-bond donors (Lipinski definition) is 1. The molecule has 1 N–H and O–H groups in total. The zero-order chi connectivity index (χ0) is 15.3. The van der Waals surface area contributed by atoms with Crippen LogP contribution in [0.15, 0.2) is 18.2 Å². The molecule has 0 aromatic heterocycles. The number of nitrogens with zero attached hydrogens (tertiary/aromatic N) is 2. The standard InChI is InChI=1S/C12H15ClN2O5/c1-14(6-8(16)7-20-2)12(17)11-9(13)4-3-5-10(11)15(18)19/h3-5,8,16H,6-7H2,1-2H3. The summed E-state index contributed by atoms with van der Waals surface area (Å²) in [7, 11) is 2.85. The second-order valence-electron chi connectivity index (χ2n) is 4.19. The normalized spacial score (nSPS) is 12.0. The highest BCUT2D eigenvalue weighted by molar-refractivity contribution is 6.34. The lowest BCUT2D eigenvalue weighted by Crippen LogP contribution is -2.36. The first kappa shape index (κ1) is 16.4. The summed E-state index contributed by atoms with van der Waals surface area (Å²) in [5, 5.41) is 20.5. The van der Waals surface area contributed by atoms with Gasteiger partial charge in [-0.15, -0.1) is 0 Å². The van der Waals surface area contributed by atoms with E-state index in [0.717, 1.165) is 4.90 Å². The zero-order valence-electron chi connectivity index (χ0n) is 11.1. The molecule has 0 aliphatic rings. The van der Waals surface area contributed by atoms with Crippen molar-refractivity contribution < 1.29 is 19.6 Å². The number of amides is 1. The molecule has 1 amide bonds. The van der Waals surface area contributed by atoms with Gasteiger partial charge in [-0.05, 0) is 6.07 Å². The van der Waals surface area contributed by atoms with Crippen molar-refractivity contribution in [3.8, 4) is 0 Å². The molecule has 0 aliphatic carbocycles. The number of nitro benzene ring substituents is 1. The molecule has 0 radical (unpaired) electrons. The van der Waals surface area contributed by atoms with E-state index in [1.807, 2.05) is 0 Å². The average molecular weight is 303 g/mol. The molecule has 0 aliphatic heterocycles. The highest BCUT2D eigenvalue weighted by Crippen LogP contribution is 2.27. The van der Waals surface area contributed by atoms with Gasteiger partial charge in [0.1, 0.15) is 5.56 Å². The Morgan fingerprint density at radius 2 is 2.25 bits per heavy atom. The summed E-state index contributed by atoms with van der Waals surface area (Å²) in [6, 6.07) is 4.01. The van der Waals surface area contributed by atoms with Gasteiger partial charge in [-0.1, -0.05) is 17.7 Å². The lowest BCUT2D eigenvalue weighted by atomic mass is 10.1. The number of methoxy groups -OCH3 is 1. The Morgan fingerprint density at radius 3 is 2.80 bits per heavy atom. The second kappa shape index (κ2) is 7.18. The lowest BCUT2D eigenvalue weighted by Gasteiger charge is -2.20. The van der Waals surface area contributed by atoms with E-state index in [9.17, 15) is 20.0 Å². The van der Waals surface area contributed by atoms with Crippen LogP contribution in [-0.4, -0.2) is 54.3 Å². The van der Waals surface area contributed by atoms with E-state index in [2.05, 4.69) is 0 Å². The van der Waals surface area contributed by atoms with Gasteiger partial charge in [-0.3, -0.25) is 14.9 Å². The topological polar surface area (TPSA) is 92.9 Å². The molecule has 1 rings (SSSR count). The highest BCUT2D eigenvalue weighted by atomic mass is 35.5. The number of aliphatic hydroxyl groups excluding tert-OH is 1. The summed E-state index contributed by atoms with van der Waals surface area (Å²) in [5.41, 5.74) is -0.554. The number of hydrogen-bond acceptors (Lipinski definition) is 5. The number of ether oxygens (including phenoxy) is 1. The number of carbonyl (C=O) groups excluding carboxylic acids is 1. The maximum Gasteiger partial charge on any atom is 0.283 e. The zero-order valence-corrected chi connectivity index (χ0v) is 11.8. The van der Waals surface area contributed by atoms with E-state index in [0.29, 0.717) is 0 Å². The van der Waals surface area contributed by atoms with Crippen LogP contribution in [0.1, 0.15) is 10.4 Å². The van der Waals surface area contributed by atoms with Crippen LogP contribution < -0.4 is 0 Å². The molecule has 0 saturated carbocycles. The molecular weight excluding hydrogens is 288 g/mol. The molecule has 1 aromatic carbocycles. The quantitative estimate of drug-likeness (QED) is 0.632. The molecule has 1 atom stereocenters. The van der Waals surface area contributed by atoms with Gasteiger partial charge in [0.05, 0.1) is 22.7 Å². The monoisotopic (exact) mass is 302 g/mol. The Labute approximate surface area is 120 Å². The van der Waals surface area contributed by atoms with Crippen LogP contribution in [0.3, 0.4) is 0 Å². The third-order valence-electron chi connectivity index (χ3n) is 2.59. The minimum absolute atomic E-state index is 0.00252. The smallest absolute Gasteiger partial charge is 0.283 e. The summed E-state index contributed by atoms with van der Waals surface area (Å²) < 4.78 is 4.75. The molecule has 7 nitrogen and oxygen atoms in total. The summed E-state index contributed by atoms with van der Waals surface area (Å²) in [6.45, 7) is 0.0390. The van der Waals surface area contributed by atoms with Crippen molar-refractivity contribution in [3.05, 3.63) is 38.9 Å². The predicted octanol–water partition coefficient (Wildman–Crippen LogP) is 1.33. The highest BCUT2D eigenvalue weighted by Gasteiger charge is 2.26. The van der Waals surface area contributed by atoms with Gasteiger partial charge in [-0.25, -0.2) is 0 Å². The fraction of sp³-hybridized carbons (Fsp3) is 0.417. The number of benzene rings is 1. The first-order valence-electron chi connectivity index (χ1n) is 5.73. The van der Waals surface area contributed by atoms with Crippen molar-refractivity contribution in [2.45, 2.75) is 6.10 Å². The molecule has 0 spiro atoms. The van der Waals surface area contributed by atoms with E-state index < -0.39 is 16.9 Å². The fourth-order valence-corrected chi connectivity index (χ4v) is 1.96. The molecule has 0 bridgehead atoms. The number of halogens is 1. The van der Waals surface area contributed by atoms with Crippen molar-refractivity contribution in [1.29, 1.82) is 0 Å². The largest absolute Gasteiger partial charge is 0.389 e. The summed E-state index contributed by atoms with van der Waals surface area (Å²) in [5.74, 6) is -0.627. The Hall–Kier alpha value is -1.70. The van der Waals surface area contributed by atoms with Gasteiger partial charge >= 0.3 is 0 Å². The fourth-order valence-electron chi connectivity index (χ4n) is 1.71. The predicted molar refractivity (Wildman–Crippen MR) is 72.9 cm³/mol. The third kappa shape index (κ3) is 3.89. The van der Waals surface area contributed by atoms with Gasteiger partial charge in [0, 0.05) is 26.8 Å². The van der Waals surface area contributed by atoms with Crippen molar-refractivity contribution in [2.75, 3.05) is 27.3 Å². The van der Waals surface area contributed by atoms with Gasteiger partial charge in [-0.2, -0.15) is 0 Å². The van der Waals surface area contributed by atoms with Crippen molar-refractivity contribution >= 4 is 23.2 Å². The van der Waals surface area contributed by atoms with Crippen LogP contribution in [0.2, 0.25) is 5.02 Å². The summed E-state index contributed by atoms with van der Waals surface area (Å²) in [4.78, 5) is 23.6. The number of carbonyl (C=O) groups is 1. The molecule has 8 heteroatoms. The molecular formula is C12H15ClN2O5. The van der Waals surface area contributed by atoms with Crippen LogP contribution in [0.25, 0.3) is 0 Å². The molecule has 20 heavy (non-hydrogen) atoms. The SMILES string of the molecule is COCC(O)CN(C)C(=O)c1c(Cl)cccc1[N+](=O)[O-]. The van der Waals surface area contributed by atoms with Crippen LogP contribution in [-0.2, 0) is 4.74 Å². The number of likely N-dealkylation sites (N-methyl/N-ethyl adjacent to an activating group) is 1. The van der Waals surface area contributed by atoms with Gasteiger partial charge < -0.3 is 14.7 Å². The Morgan fingerprint density at radius 1 is 1.60 bits per heavy atom. The Kier molecular flexibility index (Phi) is 5.87. The minimum atomic E-state index is -0.879. The second-order valence-corrected chi connectivity index (χ2v) is 4.59. The first-order chi connectivity index (χ1) is 9.38. The third-order valence-corrected chi connectivity index (χ3v) is 2.91. The van der Waals surface area contributed by atoms with Crippen LogP contribution in [0.4, 0.5) is 5.69 Å². The minimum Gasteiger partial charge on any atom is -0.389 e. The van der Waals surface area contributed by atoms with E-state index in [4.69, 9.17) is 16.3 Å². The van der Waals surface area contributed by atoms with Crippen molar-refractivity contribution in [2.24, 2.45) is 0 Å². The lowest BCUT2D eigenvalue weighted by molar-refractivity contribution is -0.385. The summed E-state index contributed by atoms with van der Waals surface area (Å²) >= 11 is 5.87. The van der Waals surface area contributed by atoms with Gasteiger partial charge in [0.2, 0.25) is 0 Å². The molecule has 0 heterocycles. The average Bonchev–Trinajstić information content (AvgIpc) is 2.37. The Balaban J connectivity index is 3.00.